The van der Waals surface area contributed by atoms with Crippen molar-refractivity contribution in [2.24, 2.45) is 23.7 Å². The summed E-state index contributed by atoms with van der Waals surface area (Å²) in [5.74, 6) is -2.43. The zero-order chi connectivity index (χ0) is 22.6. The largest absolute Gasteiger partial charge is 0.462 e. The van der Waals surface area contributed by atoms with Gasteiger partial charge >= 0.3 is 12.1 Å². The Morgan fingerprint density at radius 3 is 2.38 bits per heavy atom. The van der Waals surface area contributed by atoms with E-state index in [1.807, 2.05) is 0 Å². The number of carbonyl (C=O) groups excluding carboxylic acids is 3. The highest BCUT2D eigenvalue weighted by molar-refractivity contribution is 6.10. The lowest BCUT2D eigenvalue weighted by Crippen LogP contribution is -2.36. The Morgan fingerprint density at radius 1 is 0.938 bits per heavy atom. The maximum absolute atomic E-state index is 13.3. The molecule has 1 saturated heterocycles. The molecule has 2 amide bonds. The van der Waals surface area contributed by atoms with E-state index in [1.165, 1.54) is 30.3 Å². The lowest BCUT2D eigenvalue weighted by Gasteiger charge is -2.24. The van der Waals surface area contributed by atoms with E-state index in [-0.39, 0.29) is 46.8 Å². The molecule has 2 N–H and O–H groups in total. The van der Waals surface area contributed by atoms with Crippen LogP contribution in [0.3, 0.4) is 0 Å². The van der Waals surface area contributed by atoms with Crippen LogP contribution in [0.4, 0.5) is 24.5 Å². The number of alkyl halides is 3. The van der Waals surface area contributed by atoms with Gasteiger partial charge in [0.15, 0.2) is 0 Å². The first-order valence-electron chi connectivity index (χ1n) is 10.3. The fourth-order valence-electron chi connectivity index (χ4n) is 5.40. The molecule has 2 aromatic carbocycles. The average Bonchev–Trinajstić information content (AvgIpc) is 3.36. The van der Waals surface area contributed by atoms with E-state index in [9.17, 15) is 27.6 Å². The van der Waals surface area contributed by atoms with Gasteiger partial charge in [-0.15, -0.1) is 0 Å². The summed E-state index contributed by atoms with van der Waals surface area (Å²) < 4.78 is 45.1. The molecule has 2 bridgehead atoms. The maximum Gasteiger partial charge on any atom is 0.418 e. The zero-order valence-corrected chi connectivity index (χ0v) is 16.7. The Labute approximate surface area is 181 Å². The second kappa shape index (κ2) is 7.36. The van der Waals surface area contributed by atoms with E-state index in [0.29, 0.717) is 6.42 Å². The van der Waals surface area contributed by atoms with Crippen LogP contribution >= 0.6 is 0 Å². The van der Waals surface area contributed by atoms with Gasteiger partial charge in [0.1, 0.15) is 6.10 Å². The van der Waals surface area contributed by atoms with Crippen LogP contribution in [0.2, 0.25) is 0 Å². The number of anilines is 2. The van der Waals surface area contributed by atoms with Crippen molar-refractivity contribution >= 4 is 29.2 Å². The van der Waals surface area contributed by atoms with Crippen molar-refractivity contribution < 1.29 is 32.3 Å². The summed E-state index contributed by atoms with van der Waals surface area (Å²) in [5.41, 5.74) is -1.15. The zero-order valence-electron chi connectivity index (χ0n) is 16.7. The first kappa shape index (κ1) is 20.5. The topological polar surface area (TPSA) is 84.5 Å². The van der Waals surface area contributed by atoms with E-state index in [1.54, 1.807) is 12.1 Å². The molecule has 1 aliphatic heterocycles. The number of amides is 2. The lowest BCUT2D eigenvalue weighted by atomic mass is 9.79. The van der Waals surface area contributed by atoms with E-state index >= 15 is 0 Å². The molecule has 0 radical (unpaired) electrons. The molecule has 2 aliphatic carbocycles. The van der Waals surface area contributed by atoms with Crippen LogP contribution in [0.25, 0.3) is 0 Å². The normalized spacial score (nSPS) is 27.8. The fraction of sp³-hybridized carbons (Fsp3) is 0.348. The molecule has 5 rings (SSSR count). The monoisotopic (exact) mass is 444 g/mol. The van der Waals surface area contributed by atoms with Gasteiger partial charge in [0, 0.05) is 5.92 Å². The molecule has 1 heterocycles. The number of para-hydroxylation sites is 2. The van der Waals surface area contributed by atoms with Crippen LogP contribution in [0.15, 0.2) is 48.5 Å². The third kappa shape index (κ3) is 3.32. The van der Waals surface area contributed by atoms with Crippen molar-refractivity contribution in [2.45, 2.75) is 25.1 Å². The Hall–Kier alpha value is -3.36. The van der Waals surface area contributed by atoms with E-state index in [4.69, 9.17) is 4.74 Å². The summed E-state index contributed by atoms with van der Waals surface area (Å²) in [4.78, 5) is 38.1. The van der Waals surface area contributed by atoms with Gasteiger partial charge < -0.3 is 15.4 Å². The van der Waals surface area contributed by atoms with E-state index < -0.39 is 29.5 Å². The minimum absolute atomic E-state index is 0.0212. The van der Waals surface area contributed by atoms with Gasteiger partial charge in [-0.25, -0.2) is 0 Å². The van der Waals surface area contributed by atoms with Gasteiger partial charge in [-0.2, -0.15) is 13.2 Å². The van der Waals surface area contributed by atoms with Crippen LogP contribution in [-0.4, -0.2) is 23.9 Å². The van der Waals surface area contributed by atoms with Crippen LogP contribution in [0.1, 0.15) is 28.8 Å². The Kier molecular flexibility index (Phi) is 4.72. The molecule has 3 fully saturated rings. The van der Waals surface area contributed by atoms with Crippen molar-refractivity contribution in [2.75, 3.05) is 10.6 Å². The predicted octanol–water partition coefficient (Wildman–Crippen LogP) is 4.09. The second-order valence-corrected chi connectivity index (χ2v) is 8.45. The minimum atomic E-state index is -4.63. The molecule has 0 aromatic heterocycles. The van der Waals surface area contributed by atoms with Gasteiger partial charge in [0.05, 0.1) is 34.3 Å². The Balaban J connectivity index is 1.37. The number of ether oxygens (including phenoxy) is 1. The molecular formula is C23H19F3N2O4. The van der Waals surface area contributed by atoms with Gasteiger partial charge in [-0.1, -0.05) is 24.3 Å². The van der Waals surface area contributed by atoms with Gasteiger partial charge in [0.25, 0.3) is 5.91 Å². The van der Waals surface area contributed by atoms with Gasteiger partial charge in [0.2, 0.25) is 5.91 Å². The molecule has 5 atom stereocenters. The highest BCUT2D eigenvalue weighted by Crippen LogP contribution is 2.57. The highest BCUT2D eigenvalue weighted by Gasteiger charge is 2.63. The SMILES string of the molecule is O=C(Nc1ccccc1C(F)(F)F)c1ccccc1NC(=O)[C@@H]1[C@@H]2C[C@@H]3[C@H]1C(=O)O[C@@H]3C2. The minimum Gasteiger partial charge on any atom is -0.462 e. The summed E-state index contributed by atoms with van der Waals surface area (Å²) in [7, 11) is 0. The van der Waals surface area contributed by atoms with Crippen LogP contribution in [0, 0.1) is 23.7 Å². The fourth-order valence-corrected chi connectivity index (χ4v) is 5.40. The number of esters is 1. The number of carbonyl (C=O) groups is 3. The smallest absolute Gasteiger partial charge is 0.418 e. The summed E-state index contributed by atoms with van der Waals surface area (Å²) in [5, 5.41) is 5.02. The Bertz CT molecular complexity index is 1110. The third-order valence-corrected chi connectivity index (χ3v) is 6.70. The molecule has 0 spiro atoms. The van der Waals surface area contributed by atoms with E-state index in [0.717, 1.165) is 12.5 Å². The summed E-state index contributed by atoms with van der Waals surface area (Å²) >= 11 is 0. The Morgan fingerprint density at radius 2 is 1.62 bits per heavy atom. The number of halogens is 3. The predicted molar refractivity (Wildman–Crippen MR) is 108 cm³/mol. The summed E-state index contributed by atoms with van der Waals surface area (Å²) in [6.45, 7) is 0. The number of nitrogens with one attached hydrogen (secondary N) is 2. The number of hydrogen-bond donors (Lipinski definition) is 2. The first-order valence-corrected chi connectivity index (χ1v) is 10.3. The van der Waals surface area contributed by atoms with Crippen molar-refractivity contribution in [3.8, 4) is 0 Å². The maximum atomic E-state index is 13.3. The molecule has 3 aliphatic rings. The molecule has 2 aromatic rings. The van der Waals surface area contributed by atoms with Crippen molar-refractivity contribution in [3.63, 3.8) is 0 Å². The van der Waals surface area contributed by atoms with Crippen molar-refractivity contribution in [1.82, 2.24) is 0 Å². The molecule has 9 heteroatoms. The third-order valence-electron chi connectivity index (χ3n) is 6.70. The van der Waals surface area contributed by atoms with Crippen molar-refractivity contribution in [3.05, 3.63) is 59.7 Å². The van der Waals surface area contributed by atoms with Crippen LogP contribution in [0.5, 0.6) is 0 Å². The van der Waals surface area contributed by atoms with Crippen molar-refractivity contribution in [1.29, 1.82) is 0 Å². The van der Waals surface area contributed by atoms with Gasteiger partial charge in [-0.05, 0) is 43.0 Å². The van der Waals surface area contributed by atoms with Gasteiger partial charge in [-0.3, -0.25) is 14.4 Å². The average molecular weight is 444 g/mol. The highest BCUT2D eigenvalue weighted by atomic mass is 19.4. The second-order valence-electron chi connectivity index (χ2n) is 8.45. The number of rotatable bonds is 4. The molecule has 32 heavy (non-hydrogen) atoms. The number of fused-ring (bicyclic) bond motifs is 1. The molecule has 0 unspecified atom stereocenters. The molecule has 6 nitrogen and oxygen atoms in total. The summed E-state index contributed by atoms with van der Waals surface area (Å²) in [6, 6.07) is 10.8. The first-order chi connectivity index (χ1) is 15.2. The molecule has 2 saturated carbocycles. The van der Waals surface area contributed by atoms with Crippen LogP contribution < -0.4 is 10.6 Å². The lowest BCUT2D eigenvalue weighted by molar-refractivity contribution is -0.145. The standard InChI is InChI=1S/C23H19F3N2O4/c24-23(25,26)14-6-2-4-8-16(14)28-20(29)12-5-1-3-7-15(12)27-21(30)18-11-9-13-17(10-11)32-22(31)19(13)18/h1-8,11,13,17-19H,9-10H2,(H,27,30)(H,28,29)/t11-,13+,17-,18-,19-/m1/s1. The molecular weight excluding hydrogens is 425 g/mol. The molecule has 166 valence electrons. The number of benzene rings is 2. The quantitative estimate of drug-likeness (QED) is 0.696. The number of hydrogen-bond acceptors (Lipinski definition) is 4. The van der Waals surface area contributed by atoms with E-state index in [2.05, 4.69) is 10.6 Å². The summed E-state index contributed by atoms with van der Waals surface area (Å²) in [6.07, 6.45) is -3.32. The van der Waals surface area contributed by atoms with Crippen LogP contribution in [-0.2, 0) is 20.5 Å².